The van der Waals surface area contributed by atoms with Crippen molar-refractivity contribution in [1.29, 1.82) is 0 Å². The van der Waals surface area contributed by atoms with Gasteiger partial charge in [-0.3, -0.25) is 19.3 Å². The lowest BCUT2D eigenvalue weighted by Gasteiger charge is -2.22. The van der Waals surface area contributed by atoms with Gasteiger partial charge in [0.15, 0.2) is 0 Å². The topological polar surface area (TPSA) is 78.5 Å². The van der Waals surface area contributed by atoms with Crippen molar-refractivity contribution in [3.05, 3.63) is 35.4 Å². The molecule has 24 heavy (non-hydrogen) atoms. The van der Waals surface area contributed by atoms with E-state index in [1.54, 1.807) is 24.3 Å². The molecule has 0 aliphatic carbocycles. The molecule has 2 aliphatic heterocycles. The van der Waals surface area contributed by atoms with E-state index in [2.05, 4.69) is 10.6 Å². The van der Waals surface area contributed by atoms with Gasteiger partial charge in [-0.15, -0.1) is 0 Å². The number of piperidine rings is 1. The quantitative estimate of drug-likeness (QED) is 0.768. The molecule has 6 heteroatoms. The normalized spacial score (nSPS) is 17.9. The van der Waals surface area contributed by atoms with Gasteiger partial charge in [-0.25, -0.2) is 0 Å². The van der Waals surface area contributed by atoms with Gasteiger partial charge in [0, 0.05) is 19.5 Å². The second-order valence-corrected chi connectivity index (χ2v) is 6.39. The van der Waals surface area contributed by atoms with Gasteiger partial charge >= 0.3 is 0 Å². The average Bonchev–Trinajstić information content (AvgIpc) is 2.86. The zero-order valence-electron chi connectivity index (χ0n) is 13.7. The van der Waals surface area contributed by atoms with E-state index in [4.69, 9.17) is 0 Å². The fourth-order valence-corrected chi connectivity index (χ4v) is 3.34. The molecular formula is C18H23N3O3. The van der Waals surface area contributed by atoms with E-state index < -0.39 is 0 Å². The van der Waals surface area contributed by atoms with E-state index in [-0.39, 0.29) is 24.3 Å². The van der Waals surface area contributed by atoms with Crippen LogP contribution in [0.25, 0.3) is 0 Å². The third-order valence-corrected chi connectivity index (χ3v) is 4.77. The van der Waals surface area contributed by atoms with Crippen LogP contribution in [0.1, 0.15) is 46.4 Å². The van der Waals surface area contributed by atoms with Crippen molar-refractivity contribution >= 4 is 17.7 Å². The summed E-state index contributed by atoms with van der Waals surface area (Å²) in [4.78, 5) is 37.5. The first-order chi connectivity index (χ1) is 11.7. The summed E-state index contributed by atoms with van der Waals surface area (Å²) < 4.78 is 0. The van der Waals surface area contributed by atoms with Crippen molar-refractivity contribution in [2.24, 2.45) is 5.92 Å². The third-order valence-electron chi connectivity index (χ3n) is 4.77. The minimum atomic E-state index is -0.278. The van der Waals surface area contributed by atoms with E-state index >= 15 is 0 Å². The molecule has 2 N–H and O–H groups in total. The summed E-state index contributed by atoms with van der Waals surface area (Å²) in [6, 6.07) is 6.81. The number of imide groups is 1. The Morgan fingerprint density at radius 2 is 1.75 bits per heavy atom. The first kappa shape index (κ1) is 16.6. The lowest BCUT2D eigenvalue weighted by molar-refractivity contribution is -0.121. The zero-order valence-corrected chi connectivity index (χ0v) is 13.7. The van der Waals surface area contributed by atoms with Gasteiger partial charge in [-0.2, -0.15) is 0 Å². The largest absolute Gasteiger partial charge is 0.354 e. The van der Waals surface area contributed by atoms with Crippen LogP contribution in [0.15, 0.2) is 24.3 Å². The Morgan fingerprint density at radius 1 is 1.12 bits per heavy atom. The summed E-state index contributed by atoms with van der Waals surface area (Å²) in [5.41, 5.74) is 0.888. The number of hydrogen-bond acceptors (Lipinski definition) is 4. The second kappa shape index (κ2) is 7.57. The maximum absolute atomic E-state index is 12.2. The van der Waals surface area contributed by atoms with Gasteiger partial charge in [-0.1, -0.05) is 12.1 Å². The van der Waals surface area contributed by atoms with Gasteiger partial charge in [0.2, 0.25) is 5.91 Å². The molecule has 0 radical (unpaired) electrons. The Bertz CT molecular complexity index is 603. The maximum atomic E-state index is 12.2. The summed E-state index contributed by atoms with van der Waals surface area (Å²) in [6.07, 6.45) is 3.66. The molecule has 128 valence electrons. The molecule has 1 aromatic carbocycles. The molecule has 2 aliphatic rings. The zero-order chi connectivity index (χ0) is 16.9. The number of carbonyl (C=O) groups excluding carboxylic acids is 3. The number of fused-ring (bicyclic) bond motifs is 1. The summed E-state index contributed by atoms with van der Waals surface area (Å²) in [6.45, 7) is 2.58. The molecule has 2 heterocycles. The van der Waals surface area contributed by atoms with Crippen LogP contribution >= 0.6 is 0 Å². The minimum Gasteiger partial charge on any atom is -0.354 e. The van der Waals surface area contributed by atoms with Gasteiger partial charge in [0.25, 0.3) is 11.8 Å². The predicted molar refractivity (Wildman–Crippen MR) is 89.6 cm³/mol. The minimum absolute atomic E-state index is 0.00913. The van der Waals surface area contributed by atoms with E-state index in [0.717, 1.165) is 32.4 Å². The molecule has 1 fully saturated rings. The van der Waals surface area contributed by atoms with Gasteiger partial charge in [0.1, 0.15) is 0 Å². The Balaban J connectivity index is 1.41. The molecule has 0 atom stereocenters. The lowest BCUT2D eigenvalue weighted by Crippen LogP contribution is -2.38. The Morgan fingerprint density at radius 3 is 2.38 bits per heavy atom. The highest BCUT2D eigenvalue weighted by molar-refractivity contribution is 6.21. The molecule has 0 saturated carbocycles. The molecule has 0 aromatic heterocycles. The van der Waals surface area contributed by atoms with Crippen LogP contribution in [0, 0.1) is 5.92 Å². The number of hydrogen-bond donors (Lipinski definition) is 2. The van der Waals surface area contributed by atoms with Gasteiger partial charge in [-0.05, 0) is 50.4 Å². The van der Waals surface area contributed by atoms with Crippen LogP contribution in [0.2, 0.25) is 0 Å². The van der Waals surface area contributed by atoms with Crippen molar-refractivity contribution in [2.75, 3.05) is 26.2 Å². The van der Waals surface area contributed by atoms with Crippen LogP contribution in [0.4, 0.5) is 0 Å². The van der Waals surface area contributed by atoms with E-state index in [0.29, 0.717) is 30.0 Å². The smallest absolute Gasteiger partial charge is 0.261 e. The average molecular weight is 329 g/mol. The highest BCUT2D eigenvalue weighted by Gasteiger charge is 2.34. The second-order valence-electron chi connectivity index (χ2n) is 6.39. The highest BCUT2D eigenvalue weighted by Crippen LogP contribution is 2.21. The molecule has 0 spiro atoms. The maximum Gasteiger partial charge on any atom is 0.261 e. The summed E-state index contributed by atoms with van der Waals surface area (Å²) in [7, 11) is 0. The van der Waals surface area contributed by atoms with Gasteiger partial charge < -0.3 is 10.6 Å². The van der Waals surface area contributed by atoms with Crippen LogP contribution < -0.4 is 10.6 Å². The van der Waals surface area contributed by atoms with E-state index in [1.165, 1.54) is 4.90 Å². The molecule has 1 aromatic rings. The third kappa shape index (κ3) is 3.64. The van der Waals surface area contributed by atoms with Gasteiger partial charge in [0.05, 0.1) is 11.1 Å². The molecule has 3 rings (SSSR count). The number of rotatable bonds is 6. The van der Waals surface area contributed by atoms with Crippen LogP contribution in [-0.4, -0.2) is 48.8 Å². The predicted octanol–water partition coefficient (Wildman–Crippen LogP) is 1.18. The molecule has 1 saturated heterocycles. The standard InChI is InChI=1S/C18H23N3O3/c22-16(6-5-13-7-9-19-10-8-13)20-11-12-21-17(23)14-3-1-2-4-15(14)18(21)24/h1-4,13,19H,5-12H2,(H,20,22). The first-order valence-electron chi connectivity index (χ1n) is 8.59. The Kier molecular flexibility index (Phi) is 5.25. The van der Waals surface area contributed by atoms with Crippen molar-refractivity contribution < 1.29 is 14.4 Å². The molecule has 0 bridgehead atoms. The number of benzene rings is 1. The number of amides is 3. The van der Waals surface area contributed by atoms with Crippen LogP contribution in [0.5, 0.6) is 0 Å². The summed E-state index contributed by atoms with van der Waals surface area (Å²) >= 11 is 0. The van der Waals surface area contributed by atoms with E-state index in [9.17, 15) is 14.4 Å². The van der Waals surface area contributed by atoms with E-state index in [1.807, 2.05) is 0 Å². The molecular weight excluding hydrogens is 306 g/mol. The molecule has 6 nitrogen and oxygen atoms in total. The SMILES string of the molecule is O=C(CCC1CCNCC1)NCCN1C(=O)c2ccccc2C1=O. The fraction of sp³-hybridized carbons (Fsp3) is 0.500. The summed E-state index contributed by atoms with van der Waals surface area (Å²) in [5, 5.41) is 6.13. The lowest BCUT2D eigenvalue weighted by atomic mass is 9.93. The molecule has 0 unspecified atom stereocenters. The Hall–Kier alpha value is -2.21. The highest BCUT2D eigenvalue weighted by atomic mass is 16.2. The van der Waals surface area contributed by atoms with Crippen molar-refractivity contribution in [3.63, 3.8) is 0 Å². The first-order valence-corrected chi connectivity index (χ1v) is 8.59. The molecule has 3 amide bonds. The van der Waals surface area contributed by atoms with Crippen molar-refractivity contribution in [1.82, 2.24) is 15.5 Å². The monoisotopic (exact) mass is 329 g/mol. The fourth-order valence-electron chi connectivity index (χ4n) is 3.34. The Labute approximate surface area is 141 Å². The number of nitrogens with zero attached hydrogens (tertiary/aromatic N) is 1. The number of nitrogens with one attached hydrogen (secondary N) is 2. The van der Waals surface area contributed by atoms with Crippen molar-refractivity contribution in [3.8, 4) is 0 Å². The number of carbonyl (C=O) groups is 3. The summed E-state index contributed by atoms with van der Waals surface area (Å²) in [5.74, 6) is 0.0532. The van der Waals surface area contributed by atoms with Crippen LogP contribution in [-0.2, 0) is 4.79 Å². The van der Waals surface area contributed by atoms with Crippen LogP contribution in [0.3, 0.4) is 0 Å². The van der Waals surface area contributed by atoms with Crippen molar-refractivity contribution in [2.45, 2.75) is 25.7 Å².